The van der Waals surface area contributed by atoms with E-state index >= 15 is 0 Å². The molecule has 0 fully saturated rings. The van der Waals surface area contributed by atoms with Crippen molar-refractivity contribution >= 4 is 17.4 Å². The van der Waals surface area contributed by atoms with Crippen LogP contribution >= 0.6 is 0 Å². The van der Waals surface area contributed by atoms with Crippen LogP contribution in [0.3, 0.4) is 0 Å². The van der Waals surface area contributed by atoms with Gasteiger partial charge in [-0.3, -0.25) is 0 Å². The molecule has 4 heavy (non-hydrogen) atoms. The molecule has 0 saturated carbocycles. The first-order chi connectivity index (χ1) is 0. The van der Waals surface area contributed by atoms with Crippen LogP contribution in [0.5, 0.6) is 0 Å². The van der Waals surface area contributed by atoms with E-state index in [1.165, 1.54) is 0 Å². The van der Waals surface area contributed by atoms with Crippen molar-refractivity contribution in [2.45, 2.75) is 0 Å². The second-order valence-electron chi connectivity index (χ2n) is 0. The summed E-state index contributed by atoms with van der Waals surface area (Å²) in [5.41, 5.74) is 0. The minimum absolute atomic E-state index is 0. The molecule has 0 aromatic carbocycles. The normalized spacial score (nSPS) is 0. The molecule has 0 heterocycles. The van der Waals surface area contributed by atoms with Gasteiger partial charge in [0.25, 0.3) is 0 Å². The Morgan fingerprint density at radius 2 is 1.00 bits per heavy atom. The zero-order chi connectivity index (χ0) is 0. The Bertz CT molecular complexity index is 8.00. The molecule has 0 aromatic rings. The van der Waals surface area contributed by atoms with Crippen molar-refractivity contribution in [2.24, 2.45) is 0 Å². The van der Waals surface area contributed by atoms with Gasteiger partial charge < -0.3 is 5.48 Å². The molecule has 4 heteroatoms. The Balaban J connectivity index is 0. The predicted molar refractivity (Wildman–Crippen MR) is 6.44 cm³/mol. The third-order valence-corrected chi connectivity index (χ3v) is 0. The molecule has 0 amide bonds. The number of rotatable bonds is 0. The van der Waals surface area contributed by atoms with E-state index in [9.17, 15) is 0 Å². The molecule has 0 aliphatic rings. The SMILES string of the molecule is [Al+3].[Cu+2].[O-2].[Ti+4]. The first kappa shape index (κ1) is 42.9. The molecule has 17 valence electrons. The molecule has 0 bridgehead atoms. The van der Waals surface area contributed by atoms with Crippen molar-refractivity contribution < 1.29 is 44.3 Å². The Hall–Kier alpha value is 1.73. The second kappa shape index (κ2) is 22.0. The summed E-state index contributed by atoms with van der Waals surface area (Å²) >= 11 is 0. The van der Waals surface area contributed by atoms with Crippen molar-refractivity contribution in [3.05, 3.63) is 0 Å². The standard InChI is InChI=1S/Al.Cu.O.Ti/q+3;+2;-2;+4. The first-order valence-electron chi connectivity index (χ1n) is 0. The Kier molecular flexibility index (Phi) is 236. The third-order valence-electron chi connectivity index (χ3n) is 0. The van der Waals surface area contributed by atoms with Crippen LogP contribution in [0.2, 0.25) is 0 Å². The van der Waals surface area contributed by atoms with E-state index in [1.54, 1.807) is 0 Å². The van der Waals surface area contributed by atoms with Crippen molar-refractivity contribution in [2.75, 3.05) is 0 Å². The molecule has 0 rings (SSSR count). The maximum atomic E-state index is 0. The van der Waals surface area contributed by atoms with E-state index in [0.29, 0.717) is 0 Å². The summed E-state index contributed by atoms with van der Waals surface area (Å²) in [5, 5.41) is 0. The summed E-state index contributed by atoms with van der Waals surface area (Å²) in [6, 6.07) is 0. The fourth-order valence-corrected chi connectivity index (χ4v) is 0. The average Bonchev–Trinajstić information content (AvgIpc) is 0. The zero-order valence-corrected chi connectivity index (χ0v) is 5.45. The van der Waals surface area contributed by atoms with E-state index in [2.05, 4.69) is 0 Å². The van der Waals surface area contributed by atoms with E-state index < -0.39 is 0 Å². The molecule has 0 aliphatic carbocycles. The largest absolute Gasteiger partial charge is 4.00 e. The molecule has 0 saturated heterocycles. The summed E-state index contributed by atoms with van der Waals surface area (Å²) in [7, 11) is 0. The third kappa shape index (κ3) is 9.29. The van der Waals surface area contributed by atoms with Crippen LogP contribution in [0.1, 0.15) is 0 Å². The fraction of sp³-hybridized carbons (Fsp3) is 0. The second-order valence-corrected chi connectivity index (χ2v) is 0. The molecule has 0 atom stereocenters. The molecular formula is AlCuOTi+7. The van der Waals surface area contributed by atoms with Crippen molar-refractivity contribution in [1.29, 1.82) is 0 Å². The minimum Gasteiger partial charge on any atom is -2.00 e. The summed E-state index contributed by atoms with van der Waals surface area (Å²) < 4.78 is 0. The predicted octanol–water partition coefficient (Wildman–Crippen LogP) is -0.505. The van der Waals surface area contributed by atoms with Crippen LogP contribution in [0, 0.1) is 0 Å². The summed E-state index contributed by atoms with van der Waals surface area (Å²) in [5.74, 6) is 0. The van der Waals surface area contributed by atoms with Gasteiger partial charge in [0.2, 0.25) is 0 Å². The smallest absolute Gasteiger partial charge is 2.00 e. The minimum atomic E-state index is 0. The van der Waals surface area contributed by atoms with Gasteiger partial charge >= 0.3 is 56.1 Å². The van der Waals surface area contributed by atoms with Gasteiger partial charge in [-0.25, -0.2) is 0 Å². The van der Waals surface area contributed by atoms with Crippen LogP contribution in [0.4, 0.5) is 0 Å². The molecule has 0 spiro atoms. The Morgan fingerprint density at radius 3 is 1.00 bits per heavy atom. The van der Waals surface area contributed by atoms with Crippen LogP contribution in [-0.4, -0.2) is 17.4 Å². The van der Waals surface area contributed by atoms with Gasteiger partial charge in [0.1, 0.15) is 0 Å². The fourth-order valence-electron chi connectivity index (χ4n) is 0. The van der Waals surface area contributed by atoms with Crippen molar-refractivity contribution in [3.8, 4) is 0 Å². The van der Waals surface area contributed by atoms with Crippen LogP contribution in [-0.2, 0) is 44.3 Å². The van der Waals surface area contributed by atoms with Gasteiger partial charge in [0.15, 0.2) is 0 Å². The monoisotopic (exact) mass is 154 g/mol. The van der Waals surface area contributed by atoms with Gasteiger partial charge in [0.05, 0.1) is 0 Å². The molecule has 0 N–H and O–H groups in total. The Morgan fingerprint density at radius 1 is 1.00 bits per heavy atom. The first-order valence-corrected chi connectivity index (χ1v) is 0. The van der Waals surface area contributed by atoms with Crippen molar-refractivity contribution in [1.82, 2.24) is 0 Å². The maximum Gasteiger partial charge on any atom is 4.00 e. The van der Waals surface area contributed by atoms with Crippen molar-refractivity contribution in [3.63, 3.8) is 0 Å². The molecule has 0 unspecified atom stereocenters. The van der Waals surface area contributed by atoms with Gasteiger partial charge in [-0.1, -0.05) is 0 Å². The van der Waals surface area contributed by atoms with Gasteiger partial charge in [-0.15, -0.1) is 0 Å². The Labute approximate surface area is 61.3 Å². The summed E-state index contributed by atoms with van der Waals surface area (Å²) in [4.78, 5) is 0. The van der Waals surface area contributed by atoms with Gasteiger partial charge in [-0.05, 0) is 0 Å². The van der Waals surface area contributed by atoms with Crippen LogP contribution in [0.25, 0.3) is 0 Å². The summed E-state index contributed by atoms with van der Waals surface area (Å²) in [6.07, 6.45) is 0. The maximum absolute atomic E-state index is 0. The zero-order valence-electron chi connectivity index (χ0n) is 1.79. The number of hydrogen-bond acceptors (Lipinski definition) is 0. The topological polar surface area (TPSA) is 28.5 Å². The van der Waals surface area contributed by atoms with Gasteiger partial charge in [0, 0.05) is 0 Å². The quantitative estimate of drug-likeness (QED) is 0.421. The van der Waals surface area contributed by atoms with E-state index in [-0.39, 0.29) is 61.6 Å². The molecule has 1 radical (unpaired) electrons. The van der Waals surface area contributed by atoms with Crippen LogP contribution < -0.4 is 0 Å². The molecule has 1 nitrogen and oxygen atoms in total. The molecular weight excluding hydrogens is 154 g/mol. The summed E-state index contributed by atoms with van der Waals surface area (Å²) in [6.45, 7) is 0. The molecule has 0 aromatic heterocycles. The van der Waals surface area contributed by atoms with E-state index in [4.69, 9.17) is 0 Å². The van der Waals surface area contributed by atoms with E-state index in [0.717, 1.165) is 0 Å². The van der Waals surface area contributed by atoms with Crippen LogP contribution in [0.15, 0.2) is 0 Å². The molecule has 0 aliphatic heterocycles. The average molecular weight is 154 g/mol. The van der Waals surface area contributed by atoms with Gasteiger partial charge in [-0.2, -0.15) is 0 Å². The van der Waals surface area contributed by atoms with E-state index in [1.807, 2.05) is 0 Å². The number of hydrogen-bond donors (Lipinski definition) is 0.